The number of nitrogens with one attached hydrogen (secondary N) is 2. The second-order valence-electron chi connectivity index (χ2n) is 6.17. The van der Waals surface area contributed by atoms with Crippen LogP contribution < -0.4 is 10.6 Å². The molecule has 3 N–H and O–H groups in total. The van der Waals surface area contributed by atoms with E-state index in [9.17, 15) is 5.11 Å². The Hall–Kier alpha value is -2.33. The molecule has 0 bridgehead atoms. The van der Waals surface area contributed by atoms with E-state index in [0.717, 1.165) is 24.6 Å². The molecule has 0 fully saturated rings. The first-order valence-corrected chi connectivity index (χ1v) is 9.00. The molecule has 2 aromatic carbocycles. The summed E-state index contributed by atoms with van der Waals surface area (Å²) >= 11 is 0. The van der Waals surface area contributed by atoms with Gasteiger partial charge in [-0.1, -0.05) is 67.6 Å². The first-order chi connectivity index (χ1) is 12.2. The highest BCUT2D eigenvalue weighted by Gasteiger charge is 2.08. The molecule has 0 aliphatic rings. The molecule has 0 radical (unpaired) electrons. The van der Waals surface area contributed by atoms with Gasteiger partial charge in [-0.2, -0.15) is 0 Å². The Labute approximate surface area is 151 Å². The summed E-state index contributed by atoms with van der Waals surface area (Å²) in [5, 5.41) is 16.8. The van der Waals surface area contributed by atoms with Crippen LogP contribution in [0.3, 0.4) is 0 Å². The molecule has 25 heavy (non-hydrogen) atoms. The monoisotopic (exact) mass is 339 g/mol. The van der Waals surface area contributed by atoms with Crippen molar-refractivity contribution >= 4 is 5.96 Å². The molecule has 4 nitrogen and oxygen atoms in total. The van der Waals surface area contributed by atoms with Crippen LogP contribution in [0.25, 0.3) is 0 Å². The van der Waals surface area contributed by atoms with Gasteiger partial charge >= 0.3 is 0 Å². The molecule has 2 atom stereocenters. The van der Waals surface area contributed by atoms with Gasteiger partial charge in [0.1, 0.15) is 0 Å². The Morgan fingerprint density at radius 2 is 1.56 bits per heavy atom. The molecule has 2 rings (SSSR count). The Kier molecular flexibility index (Phi) is 7.99. The average Bonchev–Trinajstić information content (AvgIpc) is 2.67. The van der Waals surface area contributed by atoms with Crippen LogP contribution in [0.15, 0.2) is 65.7 Å². The van der Waals surface area contributed by atoms with E-state index in [2.05, 4.69) is 53.7 Å². The van der Waals surface area contributed by atoms with Crippen LogP contribution in [0.2, 0.25) is 0 Å². The molecule has 0 heterocycles. The Morgan fingerprint density at radius 1 is 0.960 bits per heavy atom. The highest BCUT2D eigenvalue weighted by atomic mass is 16.3. The molecule has 0 aliphatic carbocycles. The molecule has 0 saturated carbocycles. The van der Waals surface area contributed by atoms with E-state index in [1.165, 1.54) is 5.56 Å². The van der Waals surface area contributed by atoms with Crippen molar-refractivity contribution in [2.24, 2.45) is 4.99 Å². The van der Waals surface area contributed by atoms with Crippen LogP contribution in [0.5, 0.6) is 0 Å². The molecule has 2 aromatic rings. The lowest BCUT2D eigenvalue weighted by Crippen LogP contribution is -2.38. The van der Waals surface area contributed by atoms with E-state index in [0.29, 0.717) is 18.9 Å². The largest absolute Gasteiger partial charge is 0.388 e. The standard InChI is InChI=1S/C21H29N3O/c1-3-22-21(24-16-17(2)18-10-6-4-7-11-18)23-15-14-20(25)19-12-8-5-9-13-19/h4-13,17,20,25H,3,14-16H2,1-2H3,(H2,22,23,24). The van der Waals surface area contributed by atoms with Crippen molar-refractivity contribution in [2.75, 3.05) is 19.6 Å². The maximum absolute atomic E-state index is 10.2. The minimum atomic E-state index is -0.459. The minimum absolute atomic E-state index is 0.367. The predicted octanol–water partition coefficient (Wildman–Crippen LogP) is 3.47. The first-order valence-electron chi connectivity index (χ1n) is 9.00. The number of hydrogen-bond acceptors (Lipinski definition) is 2. The topological polar surface area (TPSA) is 56.7 Å². The van der Waals surface area contributed by atoms with Crippen molar-refractivity contribution in [1.82, 2.24) is 10.6 Å². The van der Waals surface area contributed by atoms with Gasteiger partial charge in [-0.15, -0.1) is 0 Å². The molecule has 0 aromatic heterocycles. The summed E-state index contributed by atoms with van der Waals surface area (Å²) in [6.45, 7) is 6.44. The SMILES string of the molecule is CCNC(=NCC(C)c1ccccc1)NCCC(O)c1ccccc1. The van der Waals surface area contributed by atoms with Gasteiger partial charge in [-0.25, -0.2) is 0 Å². The first kappa shape index (κ1) is 19.0. The zero-order valence-electron chi connectivity index (χ0n) is 15.2. The van der Waals surface area contributed by atoms with E-state index in [1.54, 1.807) is 0 Å². The van der Waals surface area contributed by atoms with Gasteiger partial charge in [0.15, 0.2) is 5.96 Å². The van der Waals surface area contributed by atoms with Crippen LogP contribution in [0, 0.1) is 0 Å². The van der Waals surface area contributed by atoms with Gasteiger partial charge in [0.25, 0.3) is 0 Å². The van der Waals surface area contributed by atoms with E-state index in [-0.39, 0.29) is 0 Å². The van der Waals surface area contributed by atoms with Gasteiger partial charge < -0.3 is 15.7 Å². The summed E-state index contributed by atoms with van der Waals surface area (Å²) in [5.41, 5.74) is 2.24. The molecular weight excluding hydrogens is 310 g/mol. The fourth-order valence-electron chi connectivity index (χ4n) is 2.63. The summed E-state index contributed by atoms with van der Waals surface area (Å²) in [4.78, 5) is 4.67. The molecule has 0 amide bonds. The number of rotatable bonds is 8. The lowest BCUT2D eigenvalue weighted by Gasteiger charge is -2.15. The molecule has 134 valence electrons. The van der Waals surface area contributed by atoms with Crippen LogP contribution in [-0.2, 0) is 0 Å². The van der Waals surface area contributed by atoms with E-state index >= 15 is 0 Å². The third kappa shape index (κ3) is 6.59. The van der Waals surface area contributed by atoms with E-state index < -0.39 is 6.10 Å². The van der Waals surface area contributed by atoms with E-state index in [1.807, 2.05) is 36.4 Å². The van der Waals surface area contributed by atoms with Crippen LogP contribution in [0.4, 0.5) is 0 Å². The Balaban J connectivity index is 1.83. The van der Waals surface area contributed by atoms with Gasteiger partial charge in [0, 0.05) is 25.6 Å². The summed E-state index contributed by atoms with van der Waals surface area (Å²) in [6.07, 6.45) is 0.183. The number of hydrogen-bond donors (Lipinski definition) is 3. The quantitative estimate of drug-likeness (QED) is 0.510. The van der Waals surface area contributed by atoms with Gasteiger partial charge in [-0.3, -0.25) is 4.99 Å². The molecule has 0 aliphatic heterocycles. The highest BCUT2D eigenvalue weighted by Crippen LogP contribution is 2.15. The number of nitrogens with zero attached hydrogens (tertiary/aromatic N) is 1. The van der Waals surface area contributed by atoms with Crippen LogP contribution in [-0.4, -0.2) is 30.7 Å². The smallest absolute Gasteiger partial charge is 0.191 e. The second-order valence-corrected chi connectivity index (χ2v) is 6.17. The van der Waals surface area contributed by atoms with Crippen LogP contribution in [0.1, 0.15) is 43.4 Å². The van der Waals surface area contributed by atoms with Crippen molar-refractivity contribution in [2.45, 2.75) is 32.3 Å². The number of aliphatic imine (C=N–C) groups is 1. The van der Waals surface area contributed by atoms with Crippen molar-refractivity contribution in [3.8, 4) is 0 Å². The molecular formula is C21H29N3O. The summed E-state index contributed by atoms with van der Waals surface area (Å²) < 4.78 is 0. The normalized spacial score (nSPS) is 14.0. The zero-order valence-corrected chi connectivity index (χ0v) is 15.2. The fourth-order valence-corrected chi connectivity index (χ4v) is 2.63. The highest BCUT2D eigenvalue weighted by molar-refractivity contribution is 5.79. The zero-order chi connectivity index (χ0) is 17.9. The predicted molar refractivity (Wildman–Crippen MR) is 105 cm³/mol. The lowest BCUT2D eigenvalue weighted by molar-refractivity contribution is 0.168. The minimum Gasteiger partial charge on any atom is -0.388 e. The van der Waals surface area contributed by atoms with Crippen molar-refractivity contribution in [3.05, 3.63) is 71.8 Å². The van der Waals surface area contributed by atoms with Gasteiger partial charge in [-0.05, 0) is 24.5 Å². The maximum Gasteiger partial charge on any atom is 0.191 e. The van der Waals surface area contributed by atoms with Crippen molar-refractivity contribution in [3.63, 3.8) is 0 Å². The summed E-state index contributed by atoms with van der Waals surface area (Å²) in [7, 11) is 0. The fraction of sp³-hybridized carbons (Fsp3) is 0.381. The van der Waals surface area contributed by atoms with Crippen LogP contribution >= 0.6 is 0 Å². The third-order valence-corrected chi connectivity index (χ3v) is 4.13. The Bertz CT molecular complexity index is 628. The molecule has 4 heteroatoms. The van der Waals surface area contributed by atoms with Crippen molar-refractivity contribution < 1.29 is 5.11 Å². The Morgan fingerprint density at radius 3 is 2.16 bits per heavy atom. The molecule has 0 spiro atoms. The maximum atomic E-state index is 10.2. The number of guanidine groups is 1. The second kappa shape index (κ2) is 10.5. The van der Waals surface area contributed by atoms with E-state index in [4.69, 9.17) is 0 Å². The van der Waals surface area contributed by atoms with Gasteiger partial charge in [0.2, 0.25) is 0 Å². The average molecular weight is 339 g/mol. The van der Waals surface area contributed by atoms with Crippen molar-refractivity contribution in [1.29, 1.82) is 0 Å². The summed E-state index contributed by atoms with van der Waals surface area (Å²) in [5.74, 6) is 1.16. The molecule has 0 saturated heterocycles. The lowest BCUT2D eigenvalue weighted by atomic mass is 10.0. The van der Waals surface area contributed by atoms with Gasteiger partial charge in [0.05, 0.1) is 6.10 Å². The number of aliphatic hydroxyl groups excluding tert-OH is 1. The molecule has 2 unspecified atom stereocenters. The number of benzene rings is 2. The summed E-state index contributed by atoms with van der Waals surface area (Å²) in [6, 6.07) is 20.2. The third-order valence-electron chi connectivity index (χ3n) is 4.13. The number of aliphatic hydroxyl groups is 1.